The number of aromatic nitrogens is 2. The molecule has 0 fully saturated rings. The van der Waals surface area contributed by atoms with Gasteiger partial charge in [-0.3, -0.25) is 0 Å². The Morgan fingerprint density at radius 1 is 1.33 bits per heavy atom. The van der Waals surface area contributed by atoms with Crippen LogP contribution in [0.1, 0.15) is 24.4 Å². The Bertz CT molecular complexity index is 384. The van der Waals surface area contributed by atoms with E-state index in [4.69, 9.17) is 5.73 Å². The summed E-state index contributed by atoms with van der Waals surface area (Å²) in [5.41, 5.74) is 9.36. The first kappa shape index (κ1) is 11.7. The number of hydrogen-bond acceptors (Lipinski definition) is 4. The van der Waals surface area contributed by atoms with Gasteiger partial charge >= 0.3 is 0 Å². The smallest absolute Gasteiger partial charge is 0.121 e. The molecule has 15 heavy (non-hydrogen) atoms. The molecule has 0 atom stereocenters. The average molecular weight is 221 g/mol. The van der Waals surface area contributed by atoms with Crippen molar-refractivity contribution < 1.29 is 0 Å². The van der Waals surface area contributed by atoms with Crippen molar-refractivity contribution in [2.24, 2.45) is 0 Å². The summed E-state index contributed by atoms with van der Waals surface area (Å²) < 4.78 is 0. The van der Waals surface area contributed by atoms with Crippen LogP contribution in [0.2, 0.25) is 0 Å². The molecule has 2 N–H and O–H groups in total. The number of nitrogens with two attached hydrogens (primary N) is 1. The van der Waals surface area contributed by atoms with Crippen molar-refractivity contribution in [2.75, 3.05) is 5.73 Å². The van der Waals surface area contributed by atoms with Crippen LogP contribution < -0.4 is 5.73 Å². The minimum Gasteiger partial charge on any atom is -0.399 e. The standard InChI is InChI=1S/C9H9N3S.C2H6/c10-8-3-1-2-7(4-8)5-9-12-11-6-13-9;1-2/h1-4,6H,5,10H2;1-2H3. The first-order valence-electron chi connectivity index (χ1n) is 4.94. The highest BCUT2D eigenvalue weighted by molar-refractivity contribution is 7.09. The van der Waals surface area contributed by atoms with E-state index in [2.05, 4.69) is 10.2 Å². The van der Waals surface area contributed by atoms with Crippen molar-refractivity contribution in [3.8, 4) is 0 Å². The molecule has 0 aliphatic carbocycles. The van der Waals surface area contributed by atoms with E-state index < -0.39 is 0 Å². The Morgan fingerprint density at radius 2 is 2.13 bits per heavy atom. The van der Waals surface area contributed by atoms with Crippen molar-refractivity contribution in [3.63, 3.8) is 0 Å². The zero-order valence-corrected chi connectivity index (χ0v) is 9.79. The number of hydrogen-bond donors (Lipinski definition) is 1. The minimum absolute atomic E-state index is 0.794. The quantitative estimate of drug-likeness (QED) is 0.793. The first-order valence-corrected chi connectivity index (χ1v) is 5.82. The van der Waals surface area contributed by atoms with E-state index in [0.29, 0.717) is 0 Å². The third kappa shape index (κ3) is 3.67. The Labute approximate surface area is 94.0 Å². The molecule has 0 saturated carbocycles. The van der Waals surface area contributed by atoms with Crippen LogP contribution in [-0.4, -0.2) is 10.2 Å². The fourth-order valence-electron chi connectivity index (χ4n) is 1.15. The Hall–Kier alpha value is -1.42. The molecule has 0 amide bonds. The summed E-state index contributed by atoms with van der Waals surface area (Å²) >= 11 is 1.56. The van der Waals surface area contributed by atoms with Gasteiger partial charge < -0.3 is 5.73 Å². The van der Waals surface area contributed by atoms with Gasteiger partial charge in [-0.05, 0) is 17.7 Å². The van der Waals surface area contributed by atoms with Crippen molar-refractivity contribution in [2.45, 2.75) is 20.3 Å². The maximum Gasteiger partial charge on any atom is 0.121 e. The Morgan fingerprint density at radius 3 is 2.73 bits per heavy atom. The highest BCUT2D eigenvalue weighted by Gasteiger charge is 1.99. The zero-order valence-electron chi connectivity index (χ0n) is 8.97. The molecule has 0 aliphatic heterocycles. The molecule has 1 aromatic carbocycles. The summed E-state index contributed by atoms with van der Waals surface area (Å²) in [7, 11) is 0. The number of anilines is 1. The molecule has 0 bridgehead atoms. The van der Waals surface area contributed by atoms with E-state index in [1.807, 2.05) is 38.1 Å². The Kier molecular flexibility index (Phi) is 4.77. The fourth-order valence-corrected chi connectivity index (χ4v) is 1.71. The molecular weight excluding hydrogens is 206 g/mol. The van der Waals surface area contributed by atoms with Gasteiger partial charge in [0.15, 0.2) is 0 Å². The lowest BCUT2D eigenvalue weighted by Crippen LogP contribution is -1.90. The maximum absolute atomic E-state index is 5.65. The molecule has 1 heterocycles. The average Bonchev–Trinajstić information content (AvgIpc) is 2.74. The normalized spacial score (nSPS) is 9.20. The summed E-state index contributed by atoms with van der Waals surface area (Å²) in [6.45, 7) is 4.00. The van der Waals surface area contributed by atoms with Crippen molar-refractivity contribution in [1.82, 2.24) is 10.2 Å². The van der Waals surface area contributed by atoms with Gasteiger partial charge in [-0.25, -0.2) is 0 Å². The zero-order chi connectivity index (χ0) is 11.1. The molecule has 2 aromatic rings. The van der Waals surface area contributed by atoms with Crippen LogP contribution in [0, 0.1) is 0 Å². The molecule has 3 nitrogen and oxygen atoms in total. The van der Waals surface area contributed by atoms with E-state index in [0.717, 1.165) is 17.1 Å². The van der Waals surface area contributed by atoms with Gasteiger partial charge in [0.2, 0.25) is 0 Å². The van der Waals surface area contributed by atoms with Crippen LogP contribution in [0.15, 0.2) is 29.8 Å². The summed E-state index contributed by atoms with van der Waals surface area (Å²) in [5.74, 6) is 0. The van der Waals surface area contributed by atoms with Crippen LogP contribution in [0.5, 0.6) is 0 Å². The van der Waals surface area contributed by atoms with Crippen LogP contribution in [0.3, 0.4) is 0 Å². The highest BCUT2D eigenvalue weighted by atomic mass is 32.1. The van der Waals surface area contributed by atoms with Gasteiger partial charge in [-0.2, -0.15) is 0 Å². The third-order valence-corrected chi connectivity index (χ3v) is 2.41. The molecule has 0 saturated heterocycles. The predicted octanol–water partition coefficient (Wildman–Crippen LogP) is 2.74. The molecular formula is C11H15N3S. The van der Waals surface area contributed by atoms with Crippen LogP contribution >= 0.6 is 11.3 Å². The predicted molar refractivity (Wildman–Crippen MR) is 64.9 cm³/mol. The second kappa shape index (κ2) is 6.14. The Balaban J connectivity index is 0.000000531. The summed E-state index contributed by atoms with van der Waals surface area (Å²) in [6.07, 6.45) is 0.815. The van der Waals surface area contributed by atoms with E-state index in [-0.39, 0.29) is 0 Å². The molecule has 4 heteroatoms. The van der Waals surface area contributed by atoms with E-state index in [1.165, 1.54) is 5.56 Å². The summed E-state index contributed by atoms with van der Waals surface area (Å²) in [6, 6.07) is 7.83. The summed E-state index contributed by atoms with van der Waals surface area (Å²) in [5, 5.41) is 8.77. The van der Waals surface area contributed by atoms with E-state index >= 15 is 0 Å². The molecule has 0 unspecified atom stereocenters. The lowest BCUT2D eigenvalue weighted by molar-refractivity contribution is 1.00. The third-order valence-electron chi connectivity index (χ3n) is 1.71. The number of rotatable bonds is 2. The van der Waals surface area contributed by atoms with Gasteiger partial charge in [0, 0.05) is 12.1 Å². The van der Waals surface area contributed by atoms with Gasteiger partial charge in [0.05, 0.1) is 0 Å². The lowest BCUT2D eigenvalue weighted by atomic mass is 10.1. The van der Waals surface area contributed by atoms with Crippen molar-refractivity contribution in [1.29, 1.82) is 0 Å². The topological polar surface area (TPSA) is 51.8 Å². The highest BCUT2D eigenvalue weighted by Crippen LogP contribution is 2.12. The molecule has 0 radical (unpaired) electrons. The lowest BCUT2D eigenvalue weighted by Gasteiger charge is -1.98. The van der Waals surface area contributed by atoms with Gasteiger partial charge in [-0.1, -0.05) is 26.0 Å². The molecule has 0 spiro atoms. The second-order valence-corrected chi connectivity index (χ2v) is 3.67. The SMILES string of the molecule is CC.Nc1cccc(Cc2nncs2)c1. The monoisotopic (exact) mass is 221 g/mol. The number of nitrogen functional groups attached to an aromatic ring is 1. The van der Waals surface area contributed by atoms with Crippen LogP contribution in [0.4, 0.5) is 5.69 Å². The first-order chi connectivity index (χ1) is 7.34. The van der Waals surface area contributed by atoms with Crippen LogP contribution in [-0.2, 0) is 6.42 Å². The second-order valence-electron chi connectivity index (χ2n) is 2.75. The van der Waals surface area contributed by atoms with Gasteiger partial charge in [-0.15, -0.1) is 21.5 Å². The van der Waals surface area contributed by atoms with Crippen molar-refractivity contribution in [3.05, 3.63) is 40.3 Å². The van der Waals surface area contributed by atoms with Gasteiger partial charge in [0.1, 0.15) is 10.5 Å². The van der Waals surface area contributed by atoms with Crippen molar-refractivity contribution >= 4 is 17.0 Å². The number of nitrogens with zero attached hydrogens (tertiary/aromatic N) is 2. The maximum atomic E-state index is 5.65. The fraction of sp³-hybridized carbons (Fsp3) is 0.273. The minimum atomic E-state index is 0.794. The number of benzene rings is 1. The van der Waals surface area contributed by atoms with Gasteiger partial charge in [0.25, 0.3) is 0 Å². The molecule has 0 aliphatic rings. The van der Waals surface area contributed by atoms with E-state index in [1.54, 1.807) is 16.8 Å². The largest absolute Gasteiger partial charge is 0.399 e. The molecule has 80 valence electrons. The molecule has 1 aromatic heterocycles. The molecule has 2 rings (SSSR count). The van der Waals surface area contributed by atoms with E-state index in [9.17, 15) is 0 Å². The van der Waals surface area contributed by atoms with Crippen LogP contribution in [0.25, 0.3) is 0 Å². The summed E-state index contributed by atoms with van der Waals surface area (Å²) in [4.78, 5) is 0.